The van der Waals surface area contributed by atoms with Gasteiger partial charge in [-0.05, 0) is 20.4 Å². The Bertz CT molecular complexity index is 330. The largest absolute Gasteiger partial charge is 0.314 e. The van der Waals surface area contributed by atoms with Gasteiger partial charge in [0.2, 0.25) is 0 Å². The fraction of sp³-hybridized carbons (Fsp3) is 0.889. The summed E-state index contributed by atoms with van der Waals surface area (Å²) in [4.78, 5) is 1.86. The second-order valence-electron chi connectivity index (χ2n) is 4.21. The van der Waals surface area contributed by atoms with Crippen molar-refractivity contribution < 1.29 is 8.42 Å². The van der Waals surface area contributed by atoms with E-state index >= 15 is 0 Å². The fourth-order valence-electron chi connectivity index (χ4n) is 0.912. The van der Waals surface area contributed by atoms with E-state index in [2.05, 4.69) is 0 Å². The lowest BCUT2D eigenvalue weighted by Gasteiger charge is -2.21. The summed E-state index contributed by atoms with van der Waals surface area (Å²) in [7, 11) is -1.10. The lowest BCUT2D eigenvalue weighted by atomic mass is 10.0. The van der Waals surface area contributed by atoms with Gasteiger partial charge in [0, 0.05) is 19.3 Å². The second-order valence-corrected chi connectivity index (χ2v) is 6.47. The second kappa shape index (κ2) is 5.45. The summed E-state index contributed by atoms with van der Waals surface area (Å²) in [5.74, 6) is 0.136. The summed E-state index contributed by atoms with van der Waals surface area (Å²) in [6, 6.07) is 2.00. The third-order valence-corrected chi connectivity index (χ3v) is 3.04. The van der Waals surface area contributed by atoms with Crippen molar-refractivity contribution in [2.75, 3.05) is 32.1 Å². The summed E-state index contributed by atoms with van der Waals surface area (Å²) >= 11 is 0. The number of nitrogens with zero attached hydrogens (tertiary/aromatic N) is 2. The average Bonchev–Trinajstić information content (AvgIpc) is 2.10. The molecule has 5 nitrogen and oxygen atoms in total. The van der Waals surface area contributed by atoms with Crippen LogP contribution in [0.2, 0.25) is 0 Å². The zero-order valence-corrected chi connectivity index (χ0v) is 10.3. The molecule has 0 heterocycles. The SMILES string of the molecule is CN(CCC(C)(N)C#N)CCS(C)(=O)=O. The van der Waals surface area contributed by atoms with Gasteiger partial charge in [-0.1, -0.05) is 0 Å². The first kappa shape index (κ1) is 14.4. The van der Waals surface area contributed by atoms with Gasteiger partial charge in [-0.2, -0.15) is 5.26 Å². The van der Waals surface area contributed by atoms with Crippen molar-refractivity contribution in [3.05, 3.63) is 0 Å². The molecule has 15 heavy (non-hydrogen) atoms. The van der Waals surface area contributed by atoms with Crippen LogP contribution in [0.5, 0.6) is 0 Å². The standard InChI is InChI=1S/C9H19N3O2S/c1-9(11,8-10)4-5-12(2)6-7-15(3,13)14/h4-7,11H2,1-3H3. The van der Waals surface area contributed by atoms with Crippen LogP contribution in [0.15, 0.2) is 0 Å². The van der Waals surface area contributed by atoms with Gasteiger partial charge in [-0.25, -0.2) is 8.42 Å². The van der Waals surface area contributed by atoms with Gasteiger partial charge in [-0.3, -0.25) is 0 Å². The summed E-state index contributed by atoms with van der Waals surface area (Å²) in [5.41, 5.74) is 4.81. The molecule has 0 saturated heterocycles. The number of hydrogen-bond acceptors (Lipinski definition) is 5. The molecule has 0 bridgehead atoms. The summed E-state index contributed by atoms with van der Waals surface area (Å²) in [5, 5.41) is 8.68. The van der Waals surface area contributed by atoms with Gasteiger partial charge in [0.15, 0.2) is 0 Å². The molecule has 0 amide bonds. The van der Waals surface area contributed by atoms with Crippen molar-refractivity contribution in [3.63, 3.8) is 0 Å². The molecule has 88 valence electrons. The molecule has 2 N–H and O–H groups in total. The van der Waals surface area contributed by atoms with Crippen LogP contribution in [0.4, 0.5) is 0 Å². The molecule has 0 aromatic rings. The van der Waals surface area contributed by atoms with Gasteiger partial charge in [0.1, 0.15) is 15.4 Å². The number of nitrogens with two attached hydrogens (primary N) is 1. The maximum absolute atomic E-state index is 10.9. The summed E-state index contributed by atoms with van der Waals surface area (Å²) < 4.78 is 21.8. The van der Waals surface area contributed by atoms with E-state index in [1.807, 2.05) is 18.0 Å². The molecule has 0 aromatic heterocycles. The molecule has 0 aliphatic rings. The lowest BCUT2D eigenvalue weighted by molar-refractivity contribution is 0.322. The van der Waals surface area contributed by atoms with E-state index in [0.717, 1.165) is 0 Å². The minimum absolute atomic E-state index is 0.136. The fourth-order valence-corrected chi connectivity index (χ4v) is 1.56. The van der Waals surface area contributed by atoms with Crippen LogP contribution in [0.3, 0.4) is 0 Å². The van der Waals surface area contributed by atoms with E-state index in [9.17, 15) is 8.42 Å². The predicted octanol–water partition coefficient (Wildman–Crippen LogP) is -0.406. The minimum Gasteiger partial charge on any atom is -0.314 e. The van der Waals surface area contributed by atoms with Gasteiger partial charge < -0.3 is 10.6 Å². The third-order valence-electron chi connectivity index (χ3n) is 2.11. The van der Waals surface area contributed by atoms with Gasteiger partial charge in [0.05, 0.1) is 11.8 Å². The van der Waals surface area contributed by atoms with Crippen LogP contribution in [0.25, 0.3) is 0 Å². The molecule has 0 saturated carbocycles. The first-order valence-electron chi connectivity index (χ1n) is 4.73. The molecule has 6 heteroatoms. The van der Waals surface area contributed by atoms with Crippen LogP contribution >= 0.6 is 0 Å². The van der Waals surface area contributed by atoms with E-state index in [1.165, 1.54) is 6.26 Å². The number of rotatable bonds is 6. The molecule has 0 spiro atoms. The van der Waals surface area contributed by atoms with Crippen LogP contribution in [-0.2, 0) is 9.84 Å². The molecule has 0 rings (SSSR count). The maximum atomic E-state index is 10.9. The van der Waals surface area contributed by atoms with Crippen molar-refractivity contribution >= 4 is 9.84 Å². The Morgan fingerprint density at radius 3 is 2.40 bits per heavy atom. The Labute approximate surface area is 91.8 Å². The Morgan fingerprint density at radius 2 is 2.00 bits per heavy atom. The molecule has 0 aliphatic carbocycles. The molecule has 0 fully saturated rings. The van der Waals surface area contributed by atoms with Crippen LogP contribution < -0.4 is 5.73 Å². The van der Waals surface area contributed by atoms with Gasteiger partial charge in [-0.15, -0.1) is 0 Å². The van der Waals surface area contributed by atoms with Crippen LogP contribution in [0.1, 0.15) is 13.3 Å². The normalized spacial score (nSPS) is 16.0. The van der Waals surface area contributed by atoms with Crippen LogP contribution in [-0.4, -0.2) is 51.0 Å². The smallest absolute Gasteiger partial charge is 0.148 e. The zero-order chi connectivity index (χ0) is 12.1. The average molecular weight is 233 g/mol. The topological polar surface area (TPSA) is 87.2 Å². The molecule has 0 aromatic carbocycles. The molecule has 0 radical (unpaired) electrons. The molecule has 1 atom stereocenters. The number of sulfone groups is 1. The molecular formula is C9H19N3O2S. The summed E-state index contributed by atoms with van der Waals surface area (Å²) in [6.45, 7) is 2.76. The first-order chi connectivity index (χ1) is 6.66. The van der Waals surface area contributed by atoms with Crippen molar-refractivity contribution in [3.8, 4) is 6.07 Å². The minimum atomic E-state index is -2.92. The highest BCUT2D eigenvalue weighted by Gasteiger charge is 2.17. The predicted molar refractivity (Wildman–Crippen MR) is 60.0 cm³/mol. The van der Waals surface area contributed by atoms with Crippen molar-refractivity contribution in [1.82, 2.24) is 4.90 Å². The van der Waals surface area contributed by atoms with E-state index in [4.69, 9.17) is 11.0 Å². The summed E-state index contributed by atoms with van der Waals surface area (Å²) in [6.07, 6.45) is 1.74. The Morgan fingerprint density at radius 1 is 1.47 bits per heavy atom. The lowest BCUT2D eigenvalue weighted by Crippen LogP contribution is -2.38. The highest BCUT2D eigenvalue weighted by molar-refractivity contribution is 7.90. The first-order valence-corrected chi connectivity index (χ1v) is 6.79. The van der Waals surface area contributed by atoms with Gasteiger partial charge in [0.25, 0.3) is 0 Å². The van der Waals surface area contributed by atoms with Crippen LogP contribution in [0, 0.1) is 11.3 Å². The Hall–Kier alpha value is -0.640. The Kier molecular flexibility index (Phi) is 5.21. The molecule has 1 unspecified atom stereocenters. The van der Waals surface area contributed by atoms with E-state index in [0.29, 0.717) is 19.5 Å². The monoisotopic (exact) mass is 233 g/mol. The van der Waals surface area contributed by atoms with Crippen molar-refractivity contribution in [1.29, 1.82) is 5.26 Å². The van der Waals surface area contributed by atoms with E-state index in [1.54, 1.807) is 6.92 Å². The molecule has 0 aliphatic heterocycles. The van der Waals surface area contributed by atoms with Gasteiger partial charge >= 0.3 is 0 Å². The number of hydrogen-bond donors (Lipinski definition) is 1. The van der Waals surface area contributed by atoms with Crippen molar-refractivity contribution in [2.45, 2.75) is 18.9 Å². The van der Waals surface area contributed by atoms with Crippen molar-refractivity contribution in [2.24, 2.45) is 5.73 Å². The highest BCUT2D eigenvalue weighted by atomic mass is 32.2. The Balaban J connectivity index is 3.87. The third kappa shape index (κ3) is 8.36. The number of nitriles is 1. The zero-order valence-electron chi connectivity index (χ0n) is 9.52. The maximum Gasteiger partial charge on any atom is 0.148 e. The quantitative estimate of drug-likeness (QED) is 0.674. The van der Waals surface area contributed by atoms with E-state index in [-0.39, 0.29) is 5.75 Å². The molecular weight excluding hydrogens is 214 g/mol. The highest BCUT2D eigenvalue weighted by Crippen LogP contribution is 2.04. The van der Waals surface area contributed by atoms with E-state index < -0.39 is 15.4 Å².